The molecule has 3 aromatic rings. The van der Waals surface area contributed by atoms with E-state index in [9.17, 15) is 4.79 Å². The lowest BCUT2D eigenvalue weighted by molar-refractivity contribution is -0.136. The molecule has 5 rings (SSSR count). The quantitative estimate of drug-likeness (QED) is 0.559. The number of halogens is 1. The van der Waals surface area contributed by atoms with Gasteiger partial charge in [-0.05, 0) is 55.4 Å². The van der Waals surface area contributed by atoms with Gasteiger partial charge in [-0.3, -0.25) is 4.79 Å². The van der Waals surface area contributed by atoms with Crippen LogP contribution in [0.5, 0.6) is 0 Å². The van der Waals surface area contributed by atoms with E-state index in [1.165, 1.54) is 4.70 Å². The normalized spacial score (nSPS) is 24.9. The summed E-state index contributed by atoms with van der Waals surface area (Å²) in [5.41, 5.74) is 2.15. The average molecular weight is 397 g/mol. The molecule has 0 spiro atoms. The van der Waals surface area contributed by atoms with E-state index in [0.717, 1.165) is 53.3 Å². The molecule has 2 heterocycles. The molecule has 3 atom stereocenters. The first-order valence-corrected chi connectivity index (χ1v) is 10.8. The number of aromatic nitrogens is 1. The number of carbonyl (C=O) groups excluding carboxylic acids is 1. The second kappa shape index (κ2) is 6.92. The van der Waals surface area contributed by atoms with Gasteiger partial charge >= 0.3 is 0 Å². The van der Waals surface area contributed by atoms with Gasteiger partial charge in [-0.15, -0.1) is 11.3 Å². The summed E-state index contributed by atoms with van der Waals surface area (Å²) >= 11 is 8.08. The Labute approximate surface area is 168 Å². The molecule has 1 saturated carbocycles. The van der Waals surface area contributed by atoms with E-state index >= 15 is 0 Å². The zero-order valence-corrected chi connectivity index (χ0v) is 16.5. The molecular formula is C22H21ClN2OS. The lowest BCUT2D eigenvalue weighted by Gasteiger charge is -2.35. The van der Waals surface area contributed by atoms with Gasteiger partial charge in [0, 0.05) is 17.5 Å². The fraction of sp³-hybridized carbons (Fsp3) is 0.364. The molecule has 2 aliphatic rings. The first-order chi connectivity index (χ1) is 13.2. The molecule has 0 bridgehead atoms. The fourth-order valence-electron chi connectivity index (χ4n) is 4.29. The highest BCUT2D eigenvalue weighted by atomic mass is 35.5. The van der Waals surface area contributed by atoms with Crippen molar-refractivity contribution >= 4 is 39.1 Å². The highest BCUT2D eigenvalue weighted by molar-refractivity contribution is 7.18. The van der Waals surface area contributed by atoms with Crippen LogP contribution in [0.4, 0.5) is 0 Å². The smallest absolute Gasteiger partial charge is 0.226 e. The van der Waals surface area contributed by atoms with E-state index < -0.39 is 0 Å². The van der Waals surface area contributed by atoms with Gasteiger partial charge in [0.05, 0.1) is 16.3 Å². The molecule has 1 amide bonds. The van der Waals surface area contributed by atoms with Gasteiger partial charge in [0.1, 0.15) is 5.01 Å². The van der Waals surface area contributed by atoms with Crippen LogP contribution < -0.4 is 0 Å². The van der Waals surface area contributed by atoms with Crippen LogP contribution in [0.25, 0.3) is 10.2 Å². The first-order valence-electron chi connectivity index (χ1n) is 9.63. The zero-order chi connectivity index (χ0) is 18.4. The van der Waals surface area contributed by atoms with Crippen molar-refractivity contribution in [2.45, 2.75) is 37.6 Å². The lowest BCUT2D eigenvalue weighted by Crippen LogP contribution is -2.39. The first kappa shape index (κ1) is 17.2. The van der Waals surface area contributed by atoms with Crippen LogP contribution in [0.3, 0.4) is 0 Å². The van der Waals surface area contributed by atoms with Gasteiger partial charge in [0.2, 0.25) is 5.91 Å². The van der Waals surface area contributed by atoms with Crippen LogP contribution in [-0.2, 0) is 4.79 Å². The number of para-hydroxylation sites is 1. The molecule has 1 aromatic heterocycles. The Kier molecular flexibility index (Phi) is 4.41. The molecule has 1 saturated heterocycles. The number of hydrogen-bond acceptors (Lipinski definition) is 3. The van der Waals surface area contributed by atoms with Crippen LogP contribution in [0.2, 0.25) is 5.02 Å². The Balaban J connectivity index is 1.39. The standard InChI is InChI=1S/C22H21ClN2OS/c23-17-8-2-1-7-14(17)15-13-16(15)22(26)25-12-6-5-10-19(25)21-24-18-9-3-4-11-20(18)27-21/h1-4,7-9,11,15-16,19H,5-6,10,12-13H2. The largest absolute Gasteiger partial charge is 0.333 e. The number of fused-ring (bicyclic) bond motifs is 1. The van der Waals surface area contributed by atoms with Crippen molar-refractivity contribution in [2.24, 2.45) is 5.92 Å². The number of amides is 1. The Bertz CT molecular complexity index is 968. The van der Waals surface area contributed by atoms with Gasteiger partial charge in [0.15, 0.2) is 0 Å². The Morgan fingerprint density at radius 1 is 1.11 bits per heavy atom. The van der Waals surface area contributed by atoms with Gasteiger partial charge in [0.25, 0.3) is 0 Å². The van der Waals surface area contributed by atoms with E-state index in [-0.39, 0.29) is 23.8 Å². The van der Waals surface area contributed by atoms with Crippen molar-refractivity contribution in [3.05, 3.63) is 64.1 Å². The third-order valence-electron chi connectivity index (χ3n) is 5.79. The molecule has 3 nitrogen and oxygen atoms in total. The van der Waals surface area contributed by atoms with Crippen molar-refractivity contribution in [1.82, 2.24) is 9.88 Å². The SMILES string of the molecule is O=C(C1CC1c1ccccc1Cl)N1CCCCC1c1nc2ccccc2s1. The zero-order valence-electron chi connectivity index (χ0n) is 15.0. The van der Waals surface area contributed by atoms with Crippen molar-refractivity contribution in [3.8, 4) is 0 Å². The number of carbonyl (C=O) groups is 1. The Morgan fingerprint density at radius 2 is 1.93 bits per heavy atom. The minimum absolute atomic E-state index is 0.0693. The van der Waals surface area contributed by atoms with Gasteiger partial charge in [-0.2, -0.15) is 0 Å². The monoisotopic (exact) mass is 396 g/mol. The minimum Gasteiger partial charge on any atom is -0.333 e. The molecule has 2 fully saturated rings. The summed E-state index contributed by atoms with van der Waals surface area (Å²) < 4.78 is 1.20. The molecule has 2 aromatic carbocycles. The fourth-order valence-corrected chi connectivity index (χ4v) is 5.68. The summed E-state index contributed by atoms with van der Waals surface area (Å²) in [6.07, 6.45) is 4.15. The van der Waals surface area contributed by atoms with Crippen molar-refractivity contribution in [3.63, 3.8) is 0 Å². The van der Waals surface area contributed by atoms with Gasteiger partial charge in [-0.1, -0.05) is 41.9 Å². The van der Waals surface area contributed by atoms with E-state index in [1.807, 2.05) is 30.3 Å². The van der Waals surface area contributed by atoms with Crippen LogP contribution in [0.1, 0.15) is 48.2 Å². The second-order valence-electron chi connectivity index (χ2n) is 7.53. The van der Waals surface area contributed by atoms with Crippen molar-refractivity contribution in [2.75, 3.05) is 6.54 Å². The van der Waals surface area contributed by atoms with E-state index in [0.29, 0.717) is 0 Å². The van der Waals surface area contributed by atoms with Crippen molar-refractivity contribution in [1.29, 1.82) is 0 Å². The lowest BCUT2D eigenvalue weighted by atomic mass is 10.0. The summed E-state index contributed by atoms with van der Waals surface area (Å²) in [5.74, 6) is 0.618. The molecule has 0 N–H and O–H groups in total. The topological polar surface area (TPSA) is 33.2 Å². The van der Waals surface area contributed by atoms with Gasteiger partial charge in [-0.25, -0.2) is 4.98 Å². The molecule has 0 radical (unpaired) electrons. The molecule has 5 heteroatoms. The van der Waals surface area contributed by atoms with E-state index in [4.69, 9.17) is 16.6 Å². The predicted molar refractivity (Wildman–Crippen MR) is 110 cm³/mol. The van der Waals surface area contributed by atoms with Crippen LogP contribution in [0, 0.1) is 5.92 Å². The van der Waals surface area contributed by atoms with Crippen LogP contribution in [-0.4, -0.2) is 22.3 Å². The molecule has 138 valence electrons. The number of hydrogen-bond donors (Lipinski definition) is 0. The number of piperidine rings is 1. The Hall–Kier alpha value is -1.91. The summed E-state index contributed by atoms with van der Waals surface area (Å²) in [6.45, 7) is 0.838. The highest BCUT2D eigenvalue weighted by Gasteiger charge is 2.48. The molecule has 1 aliphatic heterocycles. The van der Waals surface area contributed by atoms with E-state index in [1.54, 1.807) is 11.3 Å². The summed E-state index contributed by atoms with van der Waals surface area (Å²) in [4.78, 5) is 20.3. The van der Waals surface area contributed by atoms with Gasteiger partial charge < -0.3 is 4.90 Å². The molecule has 1 aliphatic carbocycles. The molecule has 3 unspecified atom stereocenters. The van der Waals surface area contributed by atoms with Crippen LogP contribution >= 0.6 is 22.9 Å². The number of nitrogens with zero attached hydrogens (tertiary/aromatic N) is 2. The maximum atomic E-state index is 13.3. The molecule has 27 heavy (non-hydrogen) atoms. The second-order valence-corrected chi connectivity index (χ2v) is 9.00. The van der Waals surface area contributed by atoms with Crippen LogP contribution in [0.15, 0.2) is 48.5 Å². The highest BCUT2D eigenvalue weighted by Crippen LogP contribution is 2.51. The summed E-state index contributed by atoms with van der Waals surface area (Å²) in [7, 11) is 0. The predicted octanol–water partition coefficient (Wildman–Crippen LogP) is 5.81. The van der Waals surface area contributed by atoms with Crippen molar-refractivity contribution < 1.29 is 4.79 Å². The minimum atomic E-state index is 0.0693. The average Bonchev–Trinajstić information content (AvgIpc) is 3.37. The number of likely N-dealkylation sites (tertiary alicyclic amines) is 1. The Morgan fingerprint density at radius 3 is 2.78 bits per heavy atom. The third-order valence-corrected chi connectivity index (χ3v) is 7.28. The number of thiazole rings is 1. The maximum absolute atomic E-state index is 13.3. The number of benzene rings is 2. The maximum Gasteiger partial charge on any atom is 0.226 e. The third kappa shape index (κ3) is 3.15. The summed E-state index contributed by atoms with van der Waals surface area (Å²) in [5, 5.41) is 1.86. The number of rotatable bonds is 3. The molecular weight excluding hydrogens is 376 g/mol. The van der Waals surface area contributed by atoms with E-state index in [2.05, 4.69) is 23.1 Å². The summed E-state index contributed by atoms with van der Waals surface area (Å²) in [6, 6.07) is 16.3.